The van der Waals surface area contributed by atoms with Gasteiger partial charge in [0.05, 0.1) is 35.6 Å². The highest BCUT2D eigenvalue weighted by molar-refractivity contribution is 6.07. The van der Waals surface area contributed by atoms with E-state index in [1.165, 1.54) is 0 Å². The van der Waals surface area contributed by atoms with Crippen LogP contribution in [0.2, 0.25) is 0 Å². The summed E-state index contributed by atoms with van der Waals surface area (Å²) in [6, 6.07) is 23.0. The lowest BCUT2D eigenvalue weighted by Gasteiger charge is -2.14. The molecule has 0 radical (unpaired) electrons. The van der Waals surface area contributed by atoms with Crippen LogP contribution in [0.4, 0.5) is 22.0 Å². The number of ether oxygens (including phenoxy) is 1. The third kappa shape index (κ3) is 7.23. The summed E-state index contributed by atoms with van der Waals surface area (Å²) in [5.74, 6) is 1.23. The Morgan fingerprint density at radius 2 is 1.64 bits per heavy atom. The monoisotopic (exact) mass is 590 g/mol. The summed E-state index contributed by atoms with van der Waals surface area (Å²) < 4.78 is 7.94. The zero-order chi connectivity index (χ0) is 31.3. The minimum Gasteiger partial charge on any atom is -0.493 e. The highest BCUT2D eigenvalue weighted by atomic mass is 16.5. The van der Waals surface area contributed by atoms with E-state index in [0.717, 1.165) is 33.3 Å². The van der Waals surface area contributed by atoms with E-state index in [9.17, 15) is 9.59 Å². The van der Waals surface area contributed by atoms with E-state index in [1.807, 2.05) is 86.6 Å². The van der Waals surface area contributed by atoms with E-state index in [-0.39, 0.29) is 17.4 Å². The van der Waals surface area contributed by atoms with E-state index in [1.54, 1.807) is 17.1 Å². The summed E-state index contributed by atoms with van der Waals surface area (Å²) in [6.07, 6.45) is 4.42. The molecule has 0 aliphatic heterocycles. The number of anilines is 3. The largest absolute Gasteiger partial charge is 0.493 e. The Balaban J connectivity index is 1.31. The van der Waals surface area contributed by atoms with Crippen molar-refractivity contribution >= 4 is 39.9 Å². The van der Waals surface area contributed by atoms with Gasteiger partial charge in [-0.2, -0.15) is 5.10 Å². The number of urea groups is 1. The fourth-order valence-electron chi connectivity index (χ4n) is 4.72. The highest BCUT2D eigenvalue weighted by Crippen LogP contribution is 2.32. The van der Waals surface area contributed by atoms with Gasteiger partial charge in [0.25, 0.3) is 0 Å². The van der Waals surface area contributed by atoms with Gasteiger partial charge in [0.15, 0.2) is 0 Å². The number of rotatable bonds is 9. The van der Waals surface area contributed by atoms with Crippen LogP contribution < -0.4 is 20.7 Å². The Morgan fingerprint density at radius 1 is 0.886 bits per heavy atom. The summed E-state index contributed by atoms with van der Waals surface area (Å²) in [7, 11) is 0. The first-order valence-electron chi connectivity index (χ1n) is 14.7. The van der Waals surface area contributed by atoms with Gasteiger partial charge >= 0.3 is 6.03 Å². The van der Waals surface area contributed by atoms with E-state index in [0.29, 0.717) is 42.4 Å². The molecule has 0 saturated heterocycles. The zero-order valence-electron chi connectivity index (χ0n) is 25.8. The summed E-state index contributed by atoms with van der Waals surface area (Å²) >= 11 is 0. The van der Waals surface area contributed by atoms with Crippen LogP contribution in [0.3, 0.4) is 0 Å². The van der Waals surface area contributed by atoms with Crippen molar-refractivity contribution in [2.45, 2.75) is 52.9 Å². The molecule has 2 aromatic heterocycles. The molecule has 0 fully saturated rings. The predicted octanol–water partition coefficient (Wildman–Crippen LogP) is 7.64. The van der Waals surface area contributed by atoms with Crippen LogP contribution in [0.15, 0.2) is 85.2 Å². The Labute approximate surface area is 257 Å². The number of carbonyl (C=O) groups is 2. The van der Waals surface area contributed by atoms with E-state index < -0.39 is 0 Å². The average molecular weight is 591 g/mol. The van der Waals surface area contributed by atoms with E-state index >= 15 is 0 Å². The second kappa shape index (κ2) is 13.0. The third-order valence-electron chi connectivity index (χ3n) is 7.18. The molecule has 9 nitrogen and oxygen atoms in total. The molecule has 3 aromatic carbocycles. The predicted molar refractivity (Wildman–Crippen MR) is 176 cm³/mol. The number of aromatic nitrogens is 3. The Morgan fingerprint density at radius 3 is 2.36 bits per heavy atom. The van der Waals surface area contributed by atoms with E-state index in [2.05, 4.69) is 41.7 Å². The first kappa shape index (κ1) is 30.3. The quantitative estimate of drug-likeness (QED) is 0.163. The van der Waals surface area contributed by atoms with Gasteiger partial charge in [-0.3, -0.25) is 15.1 Å². The SMILES string of the molecule is CCC(=O)Nc1cncc(CCOc2ccc(NC(=O)Nc3cc(C(C)(C)C)nn3-c3ccc(C)cc3)c3ccccc23)c1. The van der Waals surface area contributed by atoms with Crippen molar-refractivity contribution < 1.29 is 14.3 Å². The third-order valence-corrected chi connectivity index (χ3v) is 7.18. The van der Waals surface area contributed by atoms with Crippen molar-refractivity contribution in [3.05, 3.63) is 102 Å². The minimum atomic E-state index is -0.375. The summed E-state index contributed by atoms with van der Waals surface area (Å²) in [5, 5.41) is 15.4. The first-order valence-corrected chi connectivity index (χ1v) is 14.7. The number of hydrogen-bond donors (Lipinski definition) is 3. The maximum absolute atomic E-state index is 13.3. The van der Waals surface area contributed by atoms with Gasteiger partial charge in [0.1, 0.15) is 11.6 Å². The fourth-order valence-corrected chi connectivity index (χ4v) is 4.72. The van der Waals surface area contributed by atoms with Gasteiger partial charge in [-0.15, -0.1) is 0 Å². The molecule has 0 aliphatic rings. The van der Waals surface area contributed by atoms with Gasteiger partial charge in [-0.05, 0) is 42.8 Å². The van der Waals surface area contributed by atoms with Crippen LogP contribution in [0.1, 0.15) is 50.9 Å². The van der Waals surface area contributed by atoms with Crippen molar-refractivity contribution in [1.82, 2.24) is 14.8 Å². The molecular weight excluding hydrogens is 552 g/mol. The number of hydrogen-bond acceptors (Lipinski definition) is 5. The molecule has 0 unspecified atom stereocenters. The van der Waals surface area contributed by atoms with Crippen molar-refractivity contribution in [3.8, 4) is 11.4 Å². The number of pyridine rings is 1. The Bertz CT molecular complexity index is 1790. The van der Waals surface area contributed by atoms with Crippen LogP contribution in [0.5, 0.6) is 5.75 Å². The number of amides is 3. The second-order valence-electron chi connectivity index (χ2n) is 11.7. The fraction of sp³-hybridized carbons (Fsp3) is 0.257. The smallest absolute Gasteiger partial charge is 0.324 e. The molecule has 3 amide bonds. The molecule has 9 heteroatoms. The number of nitrogens with zero attached hydrogens (tertiary/aromatic N) is 3. The van der Waals surface area contributed by atoms with Gasteiger partial charge in [-0.25, -0.2) is 9.48 Å². The standard InChI is InChI=1S/C35H38N6O3/c1-6-33(42)37-25-19-24(21-36-22-25)17-18-44-30-16-15-29(27-9-7-8-10-28(27)30)38-34(43)39-32-20-31(35(3,4)5)40-41(32)26-13-11-23(2)12-14-26/h7-16,19-22H,6,17-18H2,1-5H3,(H,37,42)(H2,38,39,43). The normalized spacial score (nSPS) is 11.3. The molecule has 3 N–H and O–H groups in total. The Hall–Kier alpha value is -5.18. The van der Waals surface area contributed by atoms with Crippen LogP contribution in [0.25, 0.3) is 16.5 Å². The van der Waals surface area contributed by atoms with Gasteiger partial charge in [-0.1, -0.05) is 69.7 Å². The summed E-state index contributed by atoms with van der Waals surface area (Å²) in [5.41, 5.74) is 4.97. The molecule has 0 bridgehead atoms. The number of fused-ring (bicyclic) bond motifs is 1. The van der Waals surface area contributed by atoms with Gasteiger partial charge < -0.3 is 15.4 Å². The zero-order valence-corrected chi connectivity index (χ0v) is 25.8. The second-order valence-corrected chi connectivity index (χ2v) is 11.7. The number of nitrogens with one attached hydrogen (secondary N) is 3. The minimum absolute atomic E-state index is 0.0550. The Kier molecular flexibility index (Phi) is 8.94. The van der Waals surface area contributed by atoms with Gasteiger partial charge in [0.2, 0.25) is 5.91 Å². The van der Waals surface area contributed by atoms with Crippen LogP contribution >= 0.6 is 0 Å². The number of carbonyl (C=O) groups excluding carboxylic acids is 2. The maximum Gasteiger partial charge on any atom is 0.324 e. The average Bonchev–Trinajstić information content (AvgIpc) is 3.43. The molecular formula is C35H38N6O3. The molecule has 0 aliphatic carbocycles. The molecule has 0 spiro atoms. The van der Waals surface area contributed by atoms with Crippen molar-refractivity contribution in [1.29, 1.82) is 0 Å². The summed E-state index contributed by atoms with van der Waals surface area (Å²) in [4.78, 5) is 29.3. The van der Waals surface area contributed by atoms with Crippen LogP contribution in [-0.4, -0.2) is 33.3 Å². The number of aryl methyl sites for hydroxylation is 1. The lowest BCUT2D eigenvalue weighted by molar-refractivity contribution is -0.115. The molecule has 5 rings (SSSR count). The molecule has 0 atom stereocenters. The lowest BCUT2D eigenvalue weighted by Crippen LogP contribution is -2.21. The lowest BCUT2D eigenvalue weighted by atomic mass is 9.92. The van der Waals surface area contributed by atoms with Crippen molar-refractivity contribution in [2.24, 2.45) is 0 Å². The maximum atomic E-state index is 13.3. The molecule has 0 saturated carbocycles. The van der Waals surface area contributed by atoms with Crippen molar-refractivity contribution in [2.75, 3.05) is 22.6 Å². The van der Waals surface area contributed by atoms with E-state index in [4.69, 9.17) is 9.84 Å². The number of benzene rings is 3. The van der Waals surface area contributed by atoms with Crippen LogP contribution in [0, 0.1) is 6.92 Å². The topological polar surface area (TPSA) is 110 Å². The summed E-state index contributed by atoms with van der Waals surface area (Å²) in [6.45, 7) is 10.5. The van der Waals surface area contributed by atoms with Crippen molar-refractivity contribution in [3.63, 3.8) is 0 Å². The first-order chi connectivity index (χ1) is 21.1. The molecule has 5 aromatic rings. The molecule has 2 heterocycles. The van der Waals surface area contributed by atoms with Crippen LogP contribution in [-0.2, 0) is 16.6 Å². The van der Waals surface area contributed by atoms with Gasteiger partial charge in [0, 0.05) is 41.3 Å². The highest BCUT2D eigenvalue weighted by Gasteiger charge is 2.22. The molecule has 44 heavy (non-hydrogen) atoms. The molecule has 226 valence electrons.